The average Bonchev–Trinajstić information content (AvgIpc) is 3.23. The monoisotopic (exact) mass is 388 g/mol. The van der Waals surface area contributed by atoms with Crippen molar-refractivity contribution in [2.75, 3.05) is 13.1 Å². The summed E-state index contributed by atoms with van der Waals surface area (Å²) in [4.78, 5) is 40.9. The molecule has 0 saturated carbocycles. The molecule has 146 valence electrons. The summed E-state index contributed by atoms with van der Waals surface area (Å²) in [5.41, 5.74) is 1.34. The summed E-state index contributed by atoms with van der Waals surface area (Å²) in [7, 11) is 0. The van der Waals surface area contributed by atoms with Crippen molar-refractivity contribution in [2.45, 2.75) is 19.9 Å². The Morgan fingerprint density at radius 3 is 2.55 bits per heavy atom. The zero-order chi connectivity index (χ0) is 20.3. The highest BCUT2D eigenvalue weighted by Crippen LogP contribution is 2.38. The molecule has 0 radical (unpaired) electrons. The van der Waals surface area contributed by atoms with E-state index in [9.17, 15) is 14.4 Å². The number of amides is 2. The number of furan rings is 1. The van der Waals surface area contributed by atoms with Gasteiger partial charge in [-0.3, -0.25) is 14.4 Å². The summed E-state index contributed by atoms with van der Waals surface area (Å²) in [5, 5.41) is 3.86. The van der Waals surface area contributed by atoms with Gasteiger partial charge in [-0.15, -0.1) is 0 Å². The molecule has 3 aromatic rings. The van der Waals surface area contributed by atoms with Gasteiger partial charge in [0.15, 0.2) is 11.5 Å². The van der Waals surface area contributed by atoms with Crippen LogP contribution in [0.25, 0.3) is 11.0 Å². The Morgan fingerprint density at radius 2 is 1.79 bits per heavy atom. The molecule has 2 atom stereocenters. The lowest BCUT2D eigenvalue weighted by Crippen LogP contribution is -2.47. The number of benzene rings is 2. The number of Topliss-reactive ketones (excluding diaryl/α,β-unsaturated/α-hetero) is 1. The van der Waals surface area contributed by atoms with Crippen molar-refractivity contribution in [1.82, 2.24) is 10.2 Å². The number of para-hydroxylation sites is 1. The van der Waals surface area contributed by atoms with Crippen LogP contribution >= 0.6 is 0 Å². The Morgan fingerprint density at radius 1 is 1.10 bits per heavy atom. The second-order valence-corrected chi connectivity index (χ2v) is 8.06. The van der Waals surface area contributed by atoms with E-state index in [4.69, 9.17) is 4.42 Å². The second-order valence-electron chi connectivity index (χ2n) is 8.06. The van der Waals surface area contributed by atoms with Crippen LogP contribution in [-0.2, 0) is 0 Å². The minimum absolute atomic E-state index is 0.118. The highest BCUT2D eigenvalue weighted by molar-refractivity contribution is 6.13. The summed E-state index contributed by atoms with van der Waals surface area (Å²) in [6.07, 6.45) is 0. The number of likely N-dealkylation sites (tertiary alicyclic amines) is 1. The Kier molecular flexibility index (Phi) is 3.68. The molecule has 2 aliphatic heterocycles. The van der Waals surface area contributed by atoms with E-state index in [2.05, 4.69) is 5.32 Å². The summed E-state index contributed by atoms with van der Waals surface area (Å²) in [6.45, 7) is 4.16. The maximum atomic E-state index is 13.3. The van der Waals surface area contributed by atoms with Crippen molar-refractivity contribution in [3.8, 4) is 0 Å². The van der Waals surface area contributed by atoms with E-state index < -0.39 is 11.5 Å². The quantitative estimate of drug-likeness (QED) is 0.694. The first-order chi connectivity index (χ1) is 13.9. The highest BCUT2D eigenvalue weighted by atomic mass is 16.3. The van der Waals surface area contributed by atoms with Crippen LogP contribution in [0.5, 0.6) is 0 Å². The summed E-state index contributed by atoms with van der Waals surface area (Å²) in [5.74, 6) is -0.376. The molecule has 2 amide bonds. The largest absolute Gasteiger partial charge is 0.451 e. The molecule has 6 heteroatoms. The zero-order valence-corrected chi connectivity index (χ0v) is 16.2. The normalized spacial score (nSPS) is 23.5. The summed E-state index contributed by atoms with van der Waals surface area (Å²) < 4.78 is 5.82. The number of fused-ring (bicyclic) bond motifs is 3. The van der Waals surface area contributed by atoms with Crippen LogP contribution in [0.3, 0.4) is 0 Å². The minimum atomic E-state index is -0.891. The van der Waals surface area contributed by atoms with Gasteiger partial charge in [0.2, 0.25) is 0 Å². The first kappa shape index (κ1) is 17.7. The van der Waals surface area contributed by atoms with Crippen molar-refractivity contribution < 1.29 is 18.8 Å². The fourth-order valence-electron chi connectivity index (χ4n) is 4.53. The molecule has 1 N–H and O–H groups in total. The maximum Gasteiger partial charge on any atom is 0.289 e. The molecule has 1 fully saturated rings. The van der Waals surface area contributed by atoms with Crippen LogP contribution in [0, 0.1) is 12.3 Å². The van der Waals surface area contributed by atoms with Crippen molar-refractivity contribution in [3.05, 3.63) is 71.0 Å². The topological polar surface area (TPSA) is 79.6 Å². The van der Waals surface area contributed by atoms with Gasteiger partial charge < -0.3 is 14.6 Å². The molecule has 6 nitrogen and oxygen atoms in total. The number of nitrogens with one attached hydrogen (secondary N) is 1. The minimum Gasteiger partial charge on any atom is -0.451 e. The molecule has 0 spiro atoms. The Bertz CT molecular complexity index is 1190. The fraction of sp³-hybridized carbons (Fsp3) is 0.261. The number of aryl methyl sites for hydroxylation is 1. The first-order valence-electron chi connectivity index (χ1n) is 9.62. The maximum absolute atomic E-state index is 13.3. The SMILES string of the molecule is Cc1c(C(=O)N2C[C@H]3NC(=O)c4ccccc4C(=O)[C@@]3(C)C2)oc2ccccc12. The average molecular weight is 388 g/mol. The second kappa shape index (κ2) is 6.04. The van der Waals surface area contributed by atoms with E-state index in [0.29, 0.717) is 16.7 Å². The van der Waals surface area contributed by atoms with Gasteiger partial charge in [-0.25, -0.2) is 0 Å². The number of hydrogen-bond donors (Lipinski definition) is 1. The molecule has 3 heterocycles. The first-order valence-corrected chi connectivity index (χ1v) is 9.62. The fourth-order valence-corrected chi connectivity index (χ4v) is 4.53. The molecule has 2 aromatic carbocycles. The lowest BCUT2D eigenvalue weighted by atomic mass is 9.78. The van der Waals surface area contributed by atoms with E-state index in [1.807, 2.05) is 38.1 Å². The van der Waals surface area contributed by atoms with Gasteiger partial charge in [0.1, 0.15) is 5.58 Å². The highest BCUT2D eigenvalue weighted by Gasteiger charge is 2.53. The number of rotatable bonds is 1. The number of nitrogens with zero attached hydrogens (tertiary/aromatic N) is 1. The van der Waals surface area contributed by atoms with Gasteiger partial charge in [0.25, 0.3) is 11.8 Å². The van der Waals surface area contributed by atoms with E-state index in [-0.39, 0.29) is 36.4 Å². The van der Waals surface area contributed by atoms with Crippen LogP contribution in [0.15, 0.2) is 52.9 Å². The third-order valence-corrected chi connectivity index (χ3v) is 6.26. The van der Waals surface area contributed by atoms with Gasteiger partial charge in [0.05, 0.1) is 17.0 Å². The molecule has 1 saturated heterocycles. The number of hydrogen-bond acceptors (Lipinski definition) is 4. The van der Waals surface area contributed by atoms with Gasteiger partial charge in [-0.05, 0) is 26.0 Å². The molecule has 5 rings (SSSR count). The molecular weight excluding hydrogens is 368 g/mol. The lowest BCUT2D eigenvalue weighted by Gasteiger charge is -2.26. The van der Waals surface area contributed by atoms with Crippen molar-refractivity contribution in [2.24, 2.45) is 5.41 Å². The molecule has 0 bridgehead atoms. The van der Waals surface area contributed by atoms with E-state index in [1.165, 1.54) is 0 Å². The van der Waals surface area contributed by atoms with Crippen LogP contribution in [0.2, 0.25) is 0 Å². The van der Waals surface area contributed by atoms with Gasteiger partial charge in [-0.1, -0.05) is 36.4 Å². The molecular formula is C23H20N2O4. The van der Waals surface area contributed by atoms with E-state index >= 15 is 0 Å². The summed E-state index contributed by atoms with van der Waals surface area (Å²) >= 11 is 0. The predicted octanol–water partition coefficient (Wildman–Crippen LogP) is 3.20. The standard InChI is InChI=1S/C23H20N2O4/c1-13-14-7-5-6-10-17(14)29-19(13)22(28)25-11-18-23(2,12-25)20(26)15-8-3-4-9-16(15)21(27)24-18/h3-10,18H,11-12H2,1-2H3,(H,24,27)/t18-,23+/m1/s1. The lowest BCUT2D eigenvalue weighted by molar-refractivity contribution is 0.0718. The third-order valence-electron chi connectivity index (χ3n) is 6.26. The third kappa shape index (κ3) is 2.45. The van der Waals surface area contributed by atoms with Gasteiger partial charge >= 0.3 is 0 Å². The van der Waals surface area contributed by atoms with E-state index in [1.54, 1.807) is 29.2 Å². The Balaban J connectivity index is 1.52. The molecule has 0 unspecified atom stereocenters. The van der Waals surface area contributed by atoms with Crippen LogP contribution in [0.4, 0.5) is 0 Å². The smallest absolute Gasteiger partial charge is 0.289 e. The van der Waals surface area contributed by atoms with Crippen molar-refractivity contribution >= 4 is 28.6 Å². The Hall–Kier alpha value is -3.41. The number of carbonyl (C=O) groups is 3. The van der Waals surface area contributed by atoms with Crippen LogP contribution in [-0.4, -0.2) is 41.6 Å². The van der Waals surface area contributed by atoms with Crippen LogP contribution in [0.1, 0.15) is 43.8 Å². The van der Waals surface area contributed by atoms with Gasteiger partial charge in [-0.2, -0.15) is 0 Å². The zero-order valence-electron chi connectivity index (χ0n) is 16.2. The van der Waals surface area contributed by atoms with Crippen LogP contribution < -0.4 is 5.32 Å². The van der Waals surface area contributed by atoms with E-state index in [0.717, 1.165) is 10.9 Å². The summed E-state index contributed by atoms with van der Waals surface area (Å²) in [6, 6.07) is 13.9. The number of ketones is 1. The van der Waals surface area contributed by atoms with Crippen molar-refractivity contribution in [1.29, 1.82) is 0 Å². The molecule has 0 aliphatic carbocycles. The van der Waals surface area contributed by atoms with Gasteiger partial charge in [0, 0.05) is 29.6 Å². The molecule has 1 aromatic heterocycles. The van der Waals surface area contributed by atoms with Crippen molar-refractivity contribution in [3.63, 3.8) is 0 Å². The molecule has 29 heavy (non-hydrogen) atoms. The molecule has 2 aliphatic rings. The predicted molar refractivity (Wildman–Crippen MR) is 107 cm³/mol. The number of carbonyl (C=O) groups excluding carboxylic acids is 3. The Labute approximate surface area is 167 Å².